The molecule has 30 heavy (non-hydrogen) atoms. The molecule has 0 heterocycles. The zero-order valence-corrected chi connectivity index (χ0v) is 19.8. The van der Waals surface area contributed by atoms with Gasteiger partial charge in [-0.05, 0) is 73.5 Å². The van der Waals surface area contributed by atoms with E-state index < -0.39 is 0 Å². The van der Waals surface area contributed by atoms with Gasteiger partial charge in [0.15, 0.2) is 0 Å². The molecule has 0 unspecified atom stereocenters. The van der Waals surface area contributed by atoms with Gasteiger partial charge in [-0.15, -0.1) is 0 Å². The van der Waals surface area contributed by atoms with E-state index in [1.165, 1.54) is 12.8 Å². The van der Waals surface area contributed by atoms with E-state index in [0.717, 1.165) is 17.3 Å². The molecule has 0 fully saturated rings. The summed E-state index contributed by atoms with van der Waals surface area (Å²) < 4.78 is 6.53. The zero-order chi connectivity index (χ0) is 22.1. The van der Waals surface area contributed by atoms with Gasteiger partial charge in [-0.3, -0.25) is 9.59 Å². The van der Waals surface area contributed by atoms with Gasteiger partial charge in [-0.1, -0.05) is 38.3 Å². The van der Waals surface area contributed by atoms with E-state index in [1.54, 1.807) is 42.5 Å². The van der Waals surface area contributed by atoms with Crippen LogP contribution in [0, 0.1) is 0 Å². The number of rotatable bonds is 9. The SMILES string of the molecule is CCCCCCOc1ccc(C(=O)Nc2ccccc2C(=O)NC(C)(C)C)cc1Br. The number of hydrogen-bond donors (Lipinski definition) is 2. The van der Waals surface area contributed by atoms with Gasteiger partial charge in [0, 0.05) is 11.1 Å². The van der Waals surface area contributed by atoms with Gasteiger partial charge >= 0.3 is 0 Å². The predicted molar refractivity (Wildman–Crippen MR) is 125 cm³/mol. The molecule has 0 spiro atoms. The van der Waals surface area contributed by atoms with Crippen LogP contribution in [-0.4, -0.2) is 24.0 Å². The molecule has 0 aliphatic carbocycles. The molecule has 0 atom stereocenters. The van der Waals surface area contributed by atoms with Crippen molar-refractivity contribution in [1.82, 2.24) is 5.32 Å². The fourth-order valence-electron chi connectivity index (χ4n) is 2.86. The molecule has 2 aromatic rings. The largest absolute Gasteiger partial charge is 0.492 e. The smallest absolute Gasteiger partial charge is 0.255 e. The number of unbranched alkanes of at least 4 members (excludes halogenated alkanes) is 3. The topological polar surface area (TPSA) is 67.4 Å². The Hall–Kier alpha value is -2.34. The summed E-state index contributed by atoms with van der Waals surface area (Å²) in [7, 11) is 0. The van der Waals surface area contributed by atoms with Crippen molar-refractivity contribution in [2.45, 2.75) is 58.9 Å². The minimum Gasteiger partial charge on any atom is -0.492 e. The van der Waals surface area contributed by atoms with Crippen molar-refractivity contribution >= 4 is 33.4 Å². The van der Waals surface area contributed by atoms with Crippen molar-refractivity contribution < 1.29 is 14.3 Å². The molecule has 5 nitrogen and oxygen atoms in total. The predicted octanol–water partition coefficient (Wildman–Crippen LogP) is 6.19. The zero-order valence-electron chi connectivity index (χ0n) is 18.2. The summed E-state index contributed by atoms with van der Waals surface area (Å²) in [5, 5.41) is 5.77. The maximum absolute atomic E-state index is 12.8. The first kappa shape index (κ1) is 23.9. The van der Waals surface area contributed by atoms with E-state index >= 15 is 0 Å². The van der Waals surface area contributed by atoms with Gasteiger partial charge in [0.25, 0.3) is 11.8 Å². The Morgan fingerprint density at radius 2 is 1.73 bits per heavy atom. The fourth-order valence-corrected chi connectivity index (χ4v) is 3.36. The normalized spacial score (nSPS) is 11.1. The molecule has 2 N–H and O–H groups in total. The second kappa shape index (κ2) is 11.2. The Morgan fingerprint density at radius 3 is 2.40 bits per heavy atom. The van der Waals surface area contributed by atoms with E-state index in [1.807, 2.05) is 20.8 Å². The van der Waals surface area contributed by atoms with Crippen LogP contribution in [0.15, 0.2) is 46.9 Å². The third-order valence-electron chi connectivity index (χ3n) is 4.36. The lowest BCUT2D eigenvalue weighted by atomic mass is 10.1. The van der Waals surface area contributed by atoms with E-state index in [4.69, 9.17) is 4.74 Å². The molecule has 2 amide bonds. The first-order valence-corrected chi connectivity index (χ1v) is 11.2. The van der Waals surface area contributed by atoms with Crippen molar-refractivity contribution in [3.63, 3.8) is 0 Å². The van der Waals surface area contributed by atoms with Crippen molar-refractivity contribution in [2.75, 3.05) is 11.9 Å². The Morgan fingerprint density at radius 1 is 1.00 bits per heavy atom. The van der Waals surface area contributed by atoms with E-state index in [-0.39, 0.29) is 17.4 Å². The van der Waals surface area contributed by atoms with Crippen LogP contribution >= 0.6 is 15.9 Å². The van der Waals surface area contributed by atoms with Crippen LogP contribution in [0.4, 0.5) is 5.69 Å². The number of amides is 2. The van der Waals surface area contributed by atoms with Crippen molar-refractivity contribution in [2.24, 2.45) is 0 Å². The van der Waals surface area contributed by atoms with Crippen LogP contribution in [-0.2, 0) is 0 Å². The minimum absolute atomic E-state index is 0.230. The third kappa shape index (κ3) is 7.48. The molecule has 0 aliphatic heterocycles. The number of halogens is 1. The highest BCUT2D eigenvalue weighted by atomic mass is 79.9. The van der Waals surface area contributed by atoms with Crippen molar-refractivity contribution in [1.29, 1.82) is 0 Å². The van der Waals surface area contributed by atoms with Gasteiger partial charge in [0.2, 0.25) is 0 Å². The summed E-state index contributed by atoms with van der Waals surface area (Å²) >= 11 is 3.49. The van der Waals surface area contributed by atoms with E-state index in [0.29, 0.717) is 29.2 Å². The maximum Gasteiger partial charge on any atom is 0.255 e. The summed E-state index contributed by atoms with van der Waals surface area (Å²) in [6.45, 7) is 8.57. The molecule has 6 heteroatoms. The molecular formula is C24H31BrN2O3. The molecule has 0 bridgehead atoms. The average molecular weight is 475 g/mol. The molecule has 0 saturated carbocycles. The highest BCUT2D eigenvalue weighted by molar-refractivity contribution is 9.10. The van der Waals surface area contributed by atoms with Crippen LogP contribution in [0.25, 0.3) is 0 Å². The summed E-state index contributed by atoms with van der Waals surface area (Å²) in [5.74, 6) is 0.195. The monoisotopic (exact) mass is 474 g/mol. The number of anilines is 1. The number of ether oxygens (including phenoxy) is 1. The van der Waals surface area contributed by atoms with Crippen LogP contribution in [0.2, 0.25) is 0 Å². The standard InChI is InChI=1S/C24H31BrN2O3/c1-5-6-7-10-15-30-21-14-13-17(16-19(21)25)22(28)26-20-12-9-8-11-18(20)23(29)27-24(2,3)4/h8-9,11-14,16H,5-7,10,15H2,1-4H3,(H,26,28)(H,27,29). The molecule has 162 valence electrons. The third-order valence-corrected chi connectivity index (χ3v) is 4.98. The van der Waals surface area contributed by atoms with Gasteiger partial charge in [0.1, 0.15) is 5.75 Å². The summed E-state index contributed by atoms with van der Waals surface area (Å²) in [6, 6.07) is 12.2. The highest BCUT2D eigenvalue weighted by Crippen LogP contribution is 2.27. The number of benzene rings is 2. The first-order chi connectivity index (χ1) is 14.2. The Bertz CT molecular complexity index is 875. The van der Waals surface area contributed by atoms with E-state index in [9.17, 15) is 9.59 Å². The fraction of sp³-hybridized carbons (Fsp3) is 0.417. The second-order valence-corrected chi connectivity index (χ2v) is 9.11. The number of carbonyl (C=O) groups is 2. The Labute approximate surface area is 187 Å². The van der Waals surface area contributed by atoms with Crippen molar-refractivity contribution in [3.8, 4) is 5.75 Å². The minimum atomic E-state index is -0.370. The van der Waals surface area contributed by atoms with Crippen molar-refractivity contribution in [3.05, 3.63) is 58.1 Å². The van der Waals surface area contributed by atoms with Crippen LogP contribution in [0.1, 0.15) is 74.1 Å². The van der Waals surface area contributed by atoms with E-state index in [2.05, 4.69) is 33.5 Å². The molecule has 2 rings (SSSR count). The first-order valence-electron chi connectivity index (χ1n) is 10.4. The Kier molecular flexibility index (Phi) is 8.90. The Balaban J connectivity index is 2.06. The van der Waals surface area contributed by atoms with Gasteiger partial charge < -0.3 is 15.4 Å². The lowest BCUT2D eigenvalue weighted by molar-refractivity contribution is 0.0920. The quantitative estimate of drug-likeness (QED) is 0.425. The second-order valence-electron chi connectivity index (χ2n) is 8.26. The number of para-hydroxylation sites is 1. The van der Waals surface area contributed by atoms with Gasteiger partial charge in [-0.25, -0.2) is 0 Å². The highest BCUT2D eigenvalue weighted by Gasteiger charge is 2.19. The van der Waals surface area contributed by atoms with Gasteiger partial charge in [0.05, 0.1) is 22.3 Å². The maximum atomic E-state index is 12.8. The summed E-state index contributed by atoms with van der Waals surface area (Å²) in [4.78, 5) is 25.3. The number of hydrogen-bond acceptors (Lipinski definition) is 3. The van der Waals surface area contributed by atoms with Crippen LogP contribution in [0.5, 0.6) is 5.75 Å². The molecule has 0 radical (unpaired) electrons. The number of nitrogens with one attached hydrogen (secondary N) is 2. The molecule has 0 aliphatic rings. The molecular weight excluding hydrogens is 444 g/mol. The lowest BCUT2D eigenvalue weighted by Crippen LogP contribution is -2.40. The summed E-state index contributed by atoms with van der Waals surface area (Å²) in [5.41, 5.74) is 1.00. The summed E-state index contributed by atoms with van der Waals surface area (Å²) in [6.07, 6.45) is 4.56. The lowest BCUT2D eigenvalue weighted by Gasteiger charge is -2.21. The molecule has 0 saturated heterocycles. The molecule has 2 aromatic carbocycles. The molecule has 0 aromatic heterocycles. The average Bonchev–Trinajstić information content (AvgIpc) is 2.68. The van der Waals surface area contributed by atoms with Crippen LogP contribution < -0.4 is 15.4 Å². The number of carbonyl (C=O) groups excluding carboxylic acids is 2. The van der Waals surface area contributed by atoms with Crippen LogP contribution in [0.3, 0.4) is 0 Å². The van der Waals surface area contributed by atoms with Gasteiger partial charge in [-0.2, -0.15) is 0 Å².